The summed E-state index contributed by atoms with van der Waals surface area (Å²) < 4.78 is 38.3. The van der Waals surface area contributed by atoms with Crippen LogP contribution in [0.4, 0.5) is 8.78 Å². The summed E-state index contributed by atoms with van der Waals surface area (Å²) in [7, 11) is 163. The minimum absolute atomic E-state index is 0.136. The number of benzene rings is 2. The molecule has 103 heavy (non-hydrogen) atoms. The van der Waals surface area contributed by atoms with Gasteiger partial charge in [-0.3, -0.25) is 9.97 Å². The third-order valence-electron chi connectivity index (χ3n) is 19.2. The average molecular weight is 1270 g/mol. The Balaban J connectivity index is 0.000000350. The topological polar surface area (TPSA) is 134 Å². The molecule has 2 aromatic carbocycles. The van der Waals surface area contributed by atoms with Crippen LogP contribution in [0.1, 0.15) is 48.2 Å². The first kappa shape index (κ1) is 93.7. The molecular weight excluding hydrogens is 1230 g/mol. The van der Waals surface area contributed by atoms with Crippen LogP contribution in [-0.4, -0.2) is 455 Å². The van der Waals surface area contributed by atoms with Crippen LogP contribution >= 0.6 is 0 Å². The molecule has 0 unspecified atom stereocenters. The lowest BCUT2D eigenvalue weighted by Gasteiger charge is -2.56. The number of halogens is 2. The first-order chi connectivity index (χ1) is 48.4. The Morgan fingerprint density at radius 2 is 0.650 bits per heavy atom. The number of hydrogen-bond donors (Lipinski definition) is 2. The summed E-state index contributed by atoms with van der Waals surface area (Å²) in [5.74, 6) is 0.748. The summed E-state index contributed by atoms with van der Waals surface area (Å²) in [6.45, 7) is 6.86. The van der Waals surface area contributed by atoms with Gasteiger partial charge in [0.05, 0.1) is 23.8 Å². The summed E-state index contributed by atoms with van der Waals surface area (Å²) in [6.07, 6.45) is -22.6. The van der Waals surface area contributed by atoms with E-state index in [1.54, 1.807) is 25.8 Å². The van der Waals surface area contributed by atoms with Gasteiger partial charge in [0.25, 0.3) is 0 Å². The molecule has 0 atom stereocenters. The molecule has 2 N–H and O–H groups in total. The van der Waals surface area contributed by atoms with Crippen molar-refractivity contribution in [2.75, 3.05) is 40.4 Å². The summed E-state index contributed by atoms with van der Waals surface area (Å²) >= 11 is 0. The van der Waals surface area contributed by atoms with Gasteiger partial charge < -0.3 is 38.8 Å². The van der Waals surface area contributed by atoms with Gasteiger partial charge in [0.1, 0.15) is 61.0 Å². The van der Waals surface area contributed by atoms with Gasteiger partial charge in [0, 0.05) is 358 Å². The van der Waals surface area contributed by atoms with Crippen molar-refractivity contribution in [1.82, 2.24) is 19.6 Å². The fraction of sp³-hybridized carbons (Fsp3) is 0.368. The first-order valence-corrected chi connectivity index (χ1v) is 34.0. The SMILES string of the molecule is CO/N=C(/c1ccc(OC2CCN(B(C)O)CC2)cc1)c1ccc(F)cn1.CO/N=C(\c1ccc(OC2CCN(B(C)O)CC2)cc1)c1ccc(F)cn1.[B][B]B(B([B])[B])B(B([B])[B])B(B(B([B])[B])B([B])[B])B(B(B(B([B])[B])B([B])[B])B(B([B])[B])B([B])[B])B(B(B([B])[B])B([B])[B])B(B([B])[B])B([B])[B]. The molecule has 4 heterocycles. The Morgan fingerprint density at radius 3 is 0.854 bits per heavy atom. The maximum Gasteiger partial charge on any atom is 0.376 e. The lowest BCUT2D eigenvalue weighted by molar-refractivity contribution is 0.128. The number of oxime groups is 2. The molecule has 0 bridgehead atoms. The van der Waals surface area contributed by atoms with E-state index in [1.165, 1.54) is 33.4 Å². The van der Waals surface area contributed by atoms with Gasteiger partial charge in [0.2, 0.25) is 0 Å². The Morgan fingerprint density at radius 1 is 0.398 bits per heavy atom. The van der Waals surface area contributed by atoms with Gasteiger partial charge in [-0.1, -0.05) is 10.3 Å². The molecular formula is C38H46B51F2N6O6. The molecule has 0 aliphatic carbocycles. The quantitative estimate of drug-likeness (QED) is 0.0260. The Bertz CT molecular complexity index is 2830. The van der Waals surface area contributed by atoms with Gasteiger partial charge in [-0.2, -0.15) is 0 Å². The highest BCUT2D eigenvalue weighted by molar-refractivity contribution is 8.35. The summed E-state index contributed by atoms with van der Waals surface area (Å²) in [6, 6.07) is 20.8. The number of rotatable bonds is 35. The molecule has 0 saturated carbocycles. The summed E-state index contributed by atoms with van der Waals surface area (Å²) in [5.41, 5.74) is 3.69. The summed E-state index contributed by atoms with van der Waals surface area (Å²) in [4.78, 5) is 22.0. The smallest absolute Gasteiger partial charge is 0.376 e. The van der Waals surface area contributed by atoms with Crippen LogP contribution in [-0.2, 0) is 9.68 Å². The maximum atomic E-state index is 13.1. The fourth-order valence-electron chi connectivity index (χ4n) is 14.4. The first-order valence-electron chi connectivity index (χ1n) is 34.0. The molecule has 2 aromatic heterocycles. The highest BCUT2D eigenvalue weighted by atomic mass is 19.1. The largest absolute Gasteiger partial charge is 0.490 e. The maximum absolute atomic E-state index is 13.1. The predicted molar refractivity (Wildman–Crippen MR) is 487 cm³/mol. The highest BCUT2D eigenvalue weighted by Gasteiger charge is 2.60. The van der Waals surface area contributed by atoms with Crippen molar-refractivity contribution in [3.05, 3.63) is 119 Å². The van der Waals surface area contributed by atoms with Crippen molar-refractivity contribution < 1.29 is 38.0 Å². The monoisotopic (exact) mass is 1280 g/mol. The summed E-state index contributed by atoms with van der Waals surface area (Å²) in [5, 5.41) is 27.3. The average Bonchev–Trinajstić information content (AvgIpc) is 0.736. The zero-order valence-corrected chi connectivity index (χ0v) is 59.3. The zero-order chi connectivity index (χ0) is 77.4. The van der Waals surface area contributed by atoms with Gasteiger partial charge in [-0.05, 0) is 138 Å². The van der Waals surface area contributed by atoms with Crippen molar-refractivity contribution >= 4 is 373 Å². The van der Waals surface area contributed by atoms with Crippen LogP contribution in [0.15, 0.2) is 95.5 Å². The van der Waals surface area contributed by atoms with E-state index in [0.29, 0.717) is 22.8 Å². The van der Waals surface area contributed by atoms with Crippen molar-refractivity contribution in [3.63, 3.8) is 0 Å². The number of pyridine rings is 2. The third kappa shape index (κ3) is 27.9. The molecule has 4 aromatic rings. The van der Waals surface area contributed by atoms with Crippen molar-refractivity contribution in [2.45, 2.75) is 51.5 Å². The van der Waals surface area contributed by atoms with E-state index in [-0.39, 0.29) is 12.2 Å². The lowest BCUT2D eigenvalue weighted by Crippen LogP contribution is -2.95. The van der Waals surface area contributed by atoms with Crippen LogP contribution < -0.4 is 9.47 Å². The molecule has 51 radical (unpaired) electrons. The van der Waals surface area contributed by atoms with Crippen LogP contribution in [0.25, 0.3) is 0 Å². The number of aromatic nitrogens is 2. The molecule has 2 fully saturated rings. The second-order valence-electron chi connectivity index (χ2n) is 26.5. The molecule has 0 spiro atoms. The van der Waals surface area contributed by atoms with E-state index >= 15 is 0 Å². The lowest BCUT2D eigenvalue weighted by atomic mass is 8.25. The molecule has 6 rings (SSSR count). The number of nitrogens with zero attached hydrogens (tertiary/aromatic N) is 6. The molecule has 2 aliphatic rings. The van der Waals surface area contributed by atoms with Gasteiger partial charge in [-0.15, -0.1) is 0 Å². The number of ether oxygens (including phenoxy) is 2. The normalized spacial score (nSPS) is 13.1. The predicted octanol–water partition coefficient (Wildman–Crippen LogP) is -13.5. The molecule has 65 heteroatoms. The van der Waals surface area contributed by atoms with E-state index in [2.05, 4.69) is 20.3 Å². The van der Waals surface area contributed by atoms with Crippen molar-refractivity contribution in [3.8, 4) is 11.5 Å². The van der Waals surface area contributed by atoms with Crippen LogP contribution in [0.3, 0.4) is 0 Å². The number of piperidine rings is 2. The third-order valence-corrected chi connectivity index (χ3v) is 19.2. The van der Waals surface area contributed by atoms with Crippen molar-refractivity contribution in [1.29, 1.82) is 0 Å². The highest BCUT2D eigenvalue weighted by Crippen LogP contribution is 2.26. The van der Waals surface area contributed by atoms with E-state index < -0.39 is 173 Å². The van der Waals surface area contributed by atoms with Crippen LogP contribution in [0, 0.1) is 11.6 Å². The molecule has 2 aliphatic heterocycles. The number of hydrogen-bond acceptors (Lipinski definition) is 12. The Hall–Kier alpha value is -1.71. The Kier molecular flexibility index (Phi) is 42.0. The van der Waals surface area contributed by atoms with Gasteiger partial charge in [-0.25, -0.2) is 8.78 Å². The minimum atomic E-state index is -1.33. The molecule has 0 amide bonds. The molecule has 431 valence electrons. The minimum Gasteiger partial charge on any atom is -0.490 e. The second-order valence-corrected chi connectivity index (χ2v) is 26.5. The van der Waals surface area contributed by atoms with E-state index in [4.69, 9.17) is 213 Å². The van der Waals surface area contributed by atoms with E-state index in [1.807, 2.05) is 58.2 Å². The van der Waals surface area contributed by atoms with E-state index in [0.717, 1.165) is 86.9 Å². The second kappa shape index (κ2) is 46.2. The van der Waals surface area contributed by atoms with Gasteiger partial charge >= 0.3 is 14.1 Å². The van der Waals surface area contributed by atoms with E-state index in [9.17, 15) is 18.8 Å². The van der Waals surface area contributed by atoms with Gasteiger partial charge in [0.15, 0.2) is 0 Å². The molecule has 2 saturated heterocycles. The Labute approximate surface area is 658 Å². The molecule has 12 nitrogen and oxygen atoms in total. The zero-order valence-electron chi connectivity index (χ0n) is 59.3. The fourth-order valence-corrected chi connectivity index (χ4v) is 14.4. The van der Waals surface area contributed by atoms with Crippen LogP contribution in [0.5, 0.6) is 11.5 Å². The van der Waals surface area contributed by atoms with Crippen molar-refractivity contribution in [2.24, 2.45) is 10.3 Å². The standard InChI is InChI=1S/2C19H23BFN3O3.B49/c2*1-20(25)24-11-9-17(10-12-24)27-16-6-3-14(4-7-16)19(23-26-2)18-8-5-15(21)13-22-18;1-26-39(27(2)3)45(38(24)25)48(44(36(20)21)37(22)23)49(46(40(28(4)5)29(6)7)41(30(8)9)31(10)11)47(42(32(12)13)33(14)15)43(34(16)17)35(18)19/h2*3-8,13,17,25H,9-12H2,1-2H3;/b23-19+;23-19-;. The van der Waals surface area contributed by atoms with Crippen LogP contribution in [0.2, 0.25) is 13.6 Å².